The van der Waals surface area contributed by atoms with Gasteiger partial charge in [0, 0.05) is 27.4 Å². The van der Waals surface area contributed by atoms with Crippen molar-refractivity contribution in [3.63, 3.8) is 0 Å². The largest absolute Gasteiger partial charge is 0.485 e. The molecule has 0 saturated heterocycles. The zero-order chi connectivity index (χ0) is 14.1. The van der Waals surface area contributed by atoms with Crippen LogP contribution in [0, 0.1) is 0 Å². The summed E-state index contributed by atoms with van der Waals surface area (Å²) in [6.45, 7) is 0. The fourth-order valence-corrected chi connectivity index (χ4v) is 3.25. The molecule has 0 saturated carbocycles. The molecule has 20 heavy (non-hydrogen) atoms. The van der Waals surface area contributed by atoms with Gasteiger partial charge in [-0.2, -0.15) is 0 Å². The third-order valence-electron chi connectivity index (χ3n) is 3.60. The van der Waals surface area contributed by atoms with Gasteiger partial charge < -0.3 is 10.5 Å². The summed E-state index contributed by atoms with van der Waals surface area (Å²) in [7, 11) is 0. The van der Waals surface area contributed by atoms with Crippen LogP contribution in [-0.2, 0) is 0 Å². The van der Waals surface area contributed by atoms with Crippen LogP contribution in [0.2, 0.25) is 0 Å². The Morgan fingerprint density at radius 2 is 1.95 bits per heavy atom. The zero-order valence-corrected chi connectivity index (χ0v) is 13.6. The van der Waals surface area contributed by atoms with E-state index in [4.69, 9.17) is 10.5 Å². The number of benzene rings is 2. The molecule has 4 heteroatoms. The van der Waals surface area contributed by atoms with E-state index in [1.807, 2.05) is 18.2 Å². The quantitative estimate of drug-likeness (QED) is 0.798. The number of halogens is 1. The normalized spacial score (nSPS) is 21.1. The third-order valence-corrected chi connectivity index (χ3v) is 4.84. The van der Waals surface area contributed by atoms with Crippen molar-refractivity contribution in [1.82, 2.24) is 0 Å². The Balaban J connectivity index is 1.89. The molecule has 0 spiro atoms. The maximum Gasteiger partial charge on any atom is 0.126 e. The predicted octanol–water partition coefficient (Wildman–Crippen LogP) is 4.69. The lowest BCUT2D eigenvalue weighted by atomic mass is 9.94. The van der Waals surface area contributed by atoms with Gasteiger partial charge >= 0.3 is 0 Å². The fourth-order valence-electron chi connectivity index (χ4n) is 2.50. The van der Waals surface area contributed by atoms with Crippen LogP contribution >= 0.6 is 27.7 Å². The van der Waals surface area contributed by atoms with E-state index in [9.17, 15) is 0 Å². The Kier molecular flexibility index (Phi) is 4.06. The van der Waals surface area contributed by atoms with Crippen molar-refractivity contribution in [2.45, 2.75) is 23.5 Å². The SMILES string of the molecule is CSc1ccc(C2C[C@@H](N)c3ccc(Br)cc3O2)cc1. The average Bonchev–Trinajstić information content (AvgIpc) is 2.46. The lowest BCUT2D eigenvalue weighted by Crippen LogP contribution is -2.24. The number of fused-ring (bicyclic) bond motifs is 1. The molecule has 104 valence electrons. The van der Waals surface area contributed by atoms with Gasteiger partial charge in [-0.05, 0) is 36.1 Å². The summed E-state index contributed by atoms with van der Waals surface area (Å²) in [5.74, 6) is 0.886. The first-order valence-electron chi connectivity index (χ1n) is 6.53. The van der Waals surface area contributed by atoms with E-state index in [0.29, 0.717) is 0 Å². The van der Waals surface area contributed by atoms with Crippen molar-refractivity contribution in [3.8, 4) is 5.75 Å². The maximum absolute atomic E-state index is 6.28. The summed E-state index contributed by atoms with van der Waals surface area (Å²) in [5.41, 5.74) is 8.55. The highest BCUT2D eigenvalue weighted by Gasteiger charge is 2.27. The summed E-state index contributed by atoms with van der Waals surface area (Å²) in [5, 5.41) is 0. The van der Waals surface area contributed by atoms with Gasteiger partial charge in [-0.3, -0.25) is 0 Å². The minimum atomic E-state index is 0.0251. The average molecular weight is 350 g/mol. The van der Waals surface area contributed by atoms with E-state index in [2.05, 4.69) is 46.5 Å². The number of nitrogens with two attached hydrogens (primary N) is 1. The van der Waals surface area contributed by atoms with Crippen LogP contribution in [0.1, 0.15) is 29.7 Å². The predicted molar refractivity (Wildman–Crippen MR) is 87.3 cm³/mol. The monoisotopic (exact) mass is 349 g/mol. The molecular weight excluding hydrogens is 334 g/mol. The number of ether oxygens (including phenoxy) is 1. The molecular formula is C16H16BrNOS. The summed E-state index contributed by atoms with van der Waals surface area (Å²) < 4.78 is 7.14. The van der Waals surface area contributed by atoms with Gasteiger partial charge in [-0.25, -0.2) is 0 Å². The first kappa shape index (κ1) is 14.0. The Bertz CT molecular complexity index is 614. The van der Waals surface area contributed by atoms with Crippen molar-refractivity contribution >= 4 is 27.7 Å². The summed E-state index contributed by atoms with van der Waals surface area (Å²) in [6.07, 6.45) is 2.92. The van der Waals surface area contributed by atoms with Gasteiger partial charge in [-0.15, -0.1) is 11.8 Å². The van der Waals surface area contributed by atoms with Crippen LogP contribution in [0.3, 0.4) is 0 Å². The number of hydrogen-bond donors (Lipinski definition) is 1. The number of thioether (sulfide) groups is 1. The lowest BCUT2D eigenvalue weighted by Gasteiger charge is -2.30. The zero-order valence-electron chi connectivity index (χ0n) is 11.2. The van der Waals surface area contributed by atoms with Gasteiger partial charge in [0.05, 0.1) is 0 Å². The molecule has 0 aliphatic carbocycles. The van der Waals surface area contributed by atoms with Crippen molar-refractivity contribution in [2.75, 3.05) is 6.26 Å². The first-order valence-corrected chi connectivity index (χ1v) is 8.55. The summed E-state index contributed by atoms with van der Waals surface area (Å²) in [4.78, 5) is 1.26. The number of hydrogen-bond acceptors (Lipinski definition) is 3. The van der Waals surface area contributed by atoms with E-state index in [-0.39, 0.29) is 12.1 Å². The highest BCUT2D eigenvalue weighted by molar-refractivity contribution is 9.10. The Morgan fingerprint density at radius 3 is 2.65 bits per heavy atom. The molecule has 0 radical (unpaired) electrons. The van der Waals surface area contributed by atoms with E-state index < -0.39 is 0 Å². The first-order chi connectivity index (χ1) is 9.67. The van der Waals surface area contributed by atoms with Crippen LogP contribution in [-0.4, -0.2) is 6.26 Å². The van der Waals surface area contributed by atoms with E-state index >= 15 is 0 Å². The third kappa shape index (κ3) is 2.73. The number of rotatable bonds is 2. The molecule has 1 unspecified atom stereocenters. The standard InChI is InChI=1S/C16H16BrNOS/c1-20-12-5-2-10(3-6-12)15-9-14(18)13-7-4-11(17)8-16(13)19-15/h2-8,14-15H,9,18H2,1H3/t14-,15?/m1/s1. The van der Waals surface area contributed by atoms with Gasteiger partial charge in [0.15, 0.2) is 0 Å². The lowest BCUT2D eigenvalue weighted by molar-refractivity contribution is 0.161. The molecule has 2 nitrogen and oxygen atoms in total. The minimum absolute atomic E-state index is 0.0251. The molecule has 2 aromatic rings. The van der Waals surface area contributed by atoms with Crippen LogP contribution in [0.15, 0.2) is 51.8 Å². The van der Waals surface area contributed by atoms with Crippen LogP contribution < -0.4 is 10.5 Å². The second-order valence-electron chi connectivity index (χ2n) is 4.90. The second kappa shape index (κ2) is 5.80. The van der Waals surface area contributed by atoms with E-state index in [0.717, 1.165) is 22.2 Å². The molecule has 2 aromatic carbocycles. The van der Waals surface area contributed by atoms with Crippen molar-refractivity contribution in [2.24, 2.45) is 5.73 Å². The van der Waals surface area contributed by atoms with Gasteiger partial charge in [0.25, 0.3) is 0 Å². The van der Waals surface area contributed by atoms with Crippen molar-refractivity contribution in [3.05, 3.63) is 58.1 Å². The second-order valence-corrected chi connectivity index (χ2v) is 6.70. The molecule has 0 bridgehead atoms. The van der Waals surface area contributed by atoms with Gasteiger partial charge in [0.1, 0.15) is 11.9 Å². The van der Waals surface area contributed by atoms with Gasteiger partial charge in [-0.1, -0.05) is 34.1 Å². The molecule has 2 atom stereocenters. The Morgan fingerprint density at radius 1 is 1.20 bits per heavy atom. The molecule has 1 aliphatic heterocycles. The van der Waals surface area contributed by atoms with Crippen molar-refractivity contribution in [1.29, 1.82) is 0 Å². The maximum atomic E-state index is 6.28. The Hall–Kier alpha value is -0.970. The van der Waals surface area contributed by atoms with Crippen molar-refractivity contribution < 1.29 is 4.74 Å². The Labute approximate surface area is 131 Å². The topological polar surface area (TPSA) is 35.2 Å². The molecule has 2 N–H and O–H groups in total. The summed E-state index contributed by atoms with van der Waals surface area (Å²) in [6, 6.07) is 14.6. The molecule has 1 aliphatic rings. The molecule has 0 fully saturated rings. The van der Waals surface area contributed by atoms with Crippen LogP contribution in [0.25, 0.3) is 0 Å². The van der Waals surface area contributed by atoms with E-state index in [1.165, 1.54) is 10.5 Å². The summed E-state index contributed by atoms with van der Waals surface area (Å²) >= 11 is 5.23. The van der Waals surface area contributed by atoms with Crippen LogP contribution in [0.5, 0.6) is 5.75 Å². The molecule has 1 heterocycles. The van der Waals surface area contributed by atoms with Crippen LogP contribution in [0.4, 0.5) is 0 Å². The van der Waals surface area contributed by atoms with Gasteiger partial charge in [0.2, 0.25) is 0 Å². The highest BCUT2D eigenvalue weighted by atomic mass is 79.9. The fraction of sp³-hybridized carbons (Fsp3) is 0.250. The molecule has 0 aromatic heterocycles. The molecule has 0 amide bonds. The van der Waals surface area contributed by atoms with E-state index in [1.54, 1.807) is 11.8 Å². The highest BCUT2D eigenvalue weighted by Crippen LogP contribution is 2.40. The molecule has 3 rings (SSSR count). The smallest absolute Gasteiger partial charge is 0.126 e. The minimum Gasteiger partial charge on any atom is -0.485 e.